The summed E-state index contributed by atoms with van der Waals surface area (Å²) in [5.74, 6) is 0.236. The quantitative estimate of drug-likeness (QED) is 0.850. The van der Waals surface area contributed by atoms with Crippen LogP contribution in [0.2, 0.25) is 0 Å². The molecule has 1 fully saturated rings. The number of rotatable bonds is 3. The Bertz CT molecular complexity index is 540. The third-order valence-electron chi connectivity index (χ3n) is 4.01. The second-order valence-corrected chi connectivity index (χ2v) is 7.15. The molecule has 0 bridgehead atoms. The van der Waals surface area contributed by atoms with Crippen molar-refractivity contribution in [2.75, 3.05) is 32.7 Å². The number of nitrogens with zero attached hydrogens (tertiary/aromatic N) is 4. The first kappa shape index (κ1) is 15.3. The van der Waals surface area contributed by atoms with Crippen molar-refractivity contribution < 1.29 is 4.79 Å². The minimum atomic E-state index is 0.236. The molecule has 0 aliphatic carbocycles. The lowest BCUT2D eigenvalue weighted by molar-refractivity contribution is -0.132. The van der Waals surface area contributed by atoms with E-state index in [1.165, 1.54) is 0 Å². The van der Waals surface area contributed by atoms with Crippen molar-refractivity contribution >= 4 is 22.8 Å². The highest BCUT2D eigenvalue weighted by atomic mass is 32.2. The summed E-state index contributed by atoms with van der Waals surface area (Å²) in [6.07, 6.45) is 3.04. The number of aromatic nitrogens is 1. The summed E-state index contributed by atoms with van der Waals surface area (Å²) in [6, 6.07) is 5.84. The minimum Gasteiger partial charge on any atom is -0.348 e. The lowest BCUT2D eigenvalue weighted by Gasteiger charge is -2.35. The first-order valence-electron chi connectivity index (χ1n) is 7.86. The van der Waals surface area contributed by atoms with Crippen LogP contribution in [-0.4, -0.2) is 63.8 Å². The molecule has 1 aromatic heterocycles. The molecular formula is C16H22N4OS. The van der Waals surface area contributed by atoms with Gasteiger partial charge in [-0.05, 0) is 18.6 Å². The summed E-state index contributed by atoms with van der Waals surface area (Å²) in [7, 11) is 0. The smallest absolute Gasteiger partial charge is 0.223 e. The van der Waals surface area contributed by atoms with E-state index in [4.69, 9.17) is 0 Å². The maximum atomic E-state index is 12.3. The van der Waals surface area contributed by atoms with Crippen molar-refractivity contribution in [1.29, 1.82) is 0 Å². The van der Waals surface area contributed by atoms with E-state index in [2.05, 4.69) is 21.8 Å². The van der Waals surface area contributed by atoms with Crippen molar-refractivity contribution in [3.8, 4) is 0 Å². The van der Waals surface area contributed by atoms with Gasteiger partial charge < -0.3 is 9.80 Å². The van der Waals surface area contributed by atoms with Crippen molar-refractivity contribution in [1.82, 2.24) is 14.8 Å². The third kappa shape index (κ3) is 3.80. The highest BCUT2D eigenvalue weighted by Crippen LogP contribution is 2.23. The number of carbonyl (C=O) groups is 1. The number of aliphatic imine (C=N–C) groups is 1. The topological polar surface area (TPSA) is 48.8 Å². The van der Waals surface area contributed by atoms with Crippen LogP contribution in [0, 0.1) is 0 Å². The van der Waals surface area contributed by atoms with E-state index in [1.54, 1.807) is 6.20 Å². The number of thioether (sulfide) groups is 1. The molecule has 1 saturated heterocycles. The van der Waals surface area contributed by atoms with Gasteiger partial charge in [0.25, 0.3) is 0 Å². The number of hydrogen-bond acceptors (Lipinski definition) is 5. The first-order valence-corrected chi connectivity index (χ1v) is 8.74. The van der Waals surface area contributed by atoms with Gasteiger partial charge in [-0.1, -0.05) is 24.8 Å². The lowest BCUT2D eigenvalue weighted by atomic mass is 10.2. The molecule has 118 valence electrons. The summed E-state index contributed by atoms with van der Waals surface area (Å²) in [4.78, 5) is 25.4. The molecule has 0 N–H and O–H groups in total. The molecule has 1 atom stereocenters. The van der Waals surface area contributed by atoms with Crippen LogP contribution in [0.15, 0.2) is 29.4 Å². The Morgan fingerprint density at radius 1 is 1.32 bits per heavy atom. The summed E-state index contributed by atoms with van der Waals surface area (Å²) in [5, 5.41) is 1.75. The van der Waals surface area contributed by atoms with Crippen LogP contribution in [0.5, 0.6) is 0 Å². The van der Waals surface area contributed by atoms with E-state index in [0.717, 1.165) is 50.0 Å². The normalized spacial score (nSPS) is 21.9. The fourth-order valence-electron chi connectivity index (χ4n) is 2.72. The molecule has 3 heterocycles. The van der Waals surface area contributed by atoms with Crippen LogP contribution in [0.25, 0.3) is 0 Å². The maximum absolute atomic E-state index is 12.3. The average molecular weight is 318 g/mol. The zero-order chi connectivity index (χ0) is 15.4. The van der Waals surface area contributed by atoms with E-state index in [-0.39, 0.29) is 5.91 Å². The van der Waals surface area contributed by atoms with Crippen molar-refractivity contribution in [2.24, 2.45) is 4.99 Å². The van der Waals surface area contributed by atoms with E-state index in [9.17, 15) is 4.79 Å². The fraction of sp³-hybridized carbons (Fsp3) is 0.562. The Morgan fingerprint density at radius 2 is 2.14 bits per heavy atom. The van der Waals surface area contributed by atoms with Crippen molar-refractivity contribution in [3.05, 3.63) is 30.1 Å². The van der Waals surface area contributed by atoms with Crippen LogP contribution in [-0.2, 0) is 11.2 Å². The van der Waals surface area contributed by atoms with Crippen LogP contribution < -0.4 is 0 Å². The Balaban J connectivity index is 1.44. The Morgan fingerprint density at radius 3 is 2.77 bits per heavy atom. The van der Waals surface area contributed by atoms with E-state index < -0.39 is 0 Å². The van der Waals surface area contributed by atoms with E-state index in [0.29, 0.717) is 11.7 Å². The second kappa shape index (κ2) is 7.13. The zero-order valence-electron chi connectivity index (χ0n) is 12.9. The molecule has 3 rings (SSSR count). The molecule has 2 aliphatic heterocycles. The van der Waals surface area contributed by atoms with Gasteiger partial charge in [0.1, 0.15) is 0 Å². The third-order valence-corrected chi connectivity index (χ3v) is 5.16. The second-order valence-electron chi connectivity index (χ2n) is 5.74. The monoisotopic (exact) mass is 318 g/mol. The van der Waals surface area contributed by atoms with E-state index in [1.807, 2.05) is 34.9 Å². The summed E-state index contributed by atoms with van der Waals surface area (Å²) in [5.41, 5.74) is 0.986. The van der Waals surface area contributed by atoms with Crippen LogP contribution in [0.4, 0.5) is 0 Å². The van der Waals surface area contributed by atoms with Crippen LogP contribution >= 0.6 is 11.8 Å². The molecule has 0 radical (unpaired) electrons. The van der Waals surface area contributed by atoms with Gasteiger partial charge in [0.05, 0.1) is 6.54 Å². The largest absolute Gasteiger partial charge is 0.348 e. The summed E-state index contributed by atoms with van der Waals surface area (Å²) < 4.78 is 0. The minimum absolute atomic E-state index is 0.236. The van der Waals surface area contributed by atoms with Gasteiger partial charge in [-0.3, -0.25) is 14.8 Å². The number of aryl methyl sites for hydroxylation is 1. The maximum Gasteiger partial charge on any atom is 0.223 e. The fourth-order valence-corrected chi connectivity index (χ4v) is 3.71. The van der Waals surface area contributed by atoms with Gasteiger partial charge in [-0.25, -0.2) is 0 Å². The molecule has 2 aliphatic rings. The molecule has 22 heavy (non-hydrogen) atoms. The highest BCUT2D eigenvalue weighted by Gasteiger charge is 2.26. The van der Waals surface area contributed by atoms with Crippen LogP contribution in [0.1, 0.15) is 19.0 Å². The predicted molar refractivity (Wildman–Crippen MR) is 90.1 cm³/mol. The van der Waals surface area contributed by atoms with Gasteiger partial charge >= 0.3 is 0 Å². The molecule has 0 aromatic carbocycles. The average Bonchev–Trinajstić information content (AvgIpc) is 3.00. The lowest BCUT2D eigenvalue weighted by Crippen LogP contribution is -2.49. The van der Waals surface area contributed by atoms with Gasteiger partial charge in [-0.2, -0.15) is 0 Å². The number of amides is 1. The molecule has 1 aromatic rings. The van der Waals surface area contributed by atoms with Crippen LogP contribution in [0.3, 0.4) is 0 Å². The highest BCUT2D eigenvalue weighted by molar-refractivity contribution is 8.14. The van der Waals surface area contributed by atoms with E-state index >= 15 is 0 Å². The molecule has 0 unspecified atom stereocenters. The Hall–Kier alpha value is -1.56. The van der Waals surface area contributed by atoms with Crippen molar-refractivity contribution in [3.63, 3.8) is 0 Å². The van der Waals surface area contributed by atoms with Gasteiger partial charge in [0.2, 0.25) is 5.91 Å². The number of amidine groups is 1. The molecule has 0 saturated carbocycles. The summed E-state index contributed by atoms with van der Waals surface area (Å²) in [6.45, 7) is 6.52. The summed E-state index contributed by atoms with van der Waals surface area (Å²) >= 11 is 1.85. The predicted octanol–water partition coefficient (Wildman–Crippen LogP) is 1.65. The van der Waals surface area contributed by atoms with Gasteiger partial charge in [-0.15, -0.1) is 0 Å². The number of carbonyl (C=O) groups excluding carboxylic acids is 1. The standard InChI is InChI=1S/C16H22N4OS/c1-13-12-18-16(22-13)20-10-8-19(9-11-20)15(21)6-5-14-4-2-3-7-17-14/h2-4,7,13H,5-6,8-12H2,1H3/t13-/m1/s1. The first-order chi connectivity index (χ1) is 10.7. The SMILES string of the molecule is C[C@@H]1CN=C(N2CCN(C(=O)CCc3ccccn3)CC2)S1. The van der Waals surface area contributed by atoms with Gasteiger partial charge in [0.15, 0.2) is 5.17 Å². The molecule has 1 amide bonds. The molecule has 5 nitrogen and oxygen atoms in total. The Kier molecular flexibility index (Phi) is 4.97. The number of pyridine rings is 1. The molecule has 0 spiro atoms. The Labute approximate surface area is 135 Å². The molecular weight excluding hydrogens is 296 g/mol. The van der Waals surface area contributed by atoms with Crippen molar-refractivity contribution in [2.45, 2.75) is 25.0 Å². The zero-order valence-corrected chi connectivity index (χ0v) is 13.8. The number of piperazine rings is 1. The van der Waals surface area contributed by atoms with Gasteiger partial charge in [0, 0.05) is 49.7 Å². The molecule has 6 heteroatoms. The number of hydrogen-bond donors (Lipinski definition) is 0.